The molecule has 3 aromatic rings. The van der Waals surface area contributed by atoms with E-state index in [9.17, 15) is 9.90 Å². The van der Waals surface area contributed by atoms with Crippen molar-refractivity contribution in [3.8, 4) is 0 Å². The molecular weight excluding hydrogens is 352 g/mol. The van der Waals surface area contributed by atoms with Crippen molar-refractivity contribution in [3.63, 3.8) is 0 Å². The zero-order chi connectivity index (χ0) is 18.1. The zero-order valence-corrected chi connectivity index (χ0v) is 14.9. The Morgan fingerprint density at radius 3 is 2.73 bits per heavy atom. The Labute approximate surface area is 156 Å². The second kappa shape index (κ2) is 6.70. The van der Waals surface area contributed by atoms with Gasteiger partial charge >= 0.3 is 0 Å². The molecule has 0 aromatic carbocycles. The molecule has 0 radical (unpaired) electrons. The minimum atomic E-state index is -0.836. The molecule has 1 aliphatic heterocycles. The lowest BCUT2D eigenvalue weighted by Crippen LogP contribution is -2.48. The van der Waals surface area contributed by atoms with Crippen molar-refractivity contribution < 1.29 is 9.90 Å². The van der Waals surface area contributed by atoms with Crippen LogP contribution < -0.4 is 0 Å². The average Bonchev–Trinajstić information content (AvgIpc) is 3.05. The Bertz CT molecular complexity index is 930. The van der Waals surface area contributed by atoms with Crippen LogP contribution in [0.4, 0.5) is 0 Å². The molecule has 1 fully saturated rings. The van der Waals surface area contributed by atoms with Gasteiger partial charge in [-0.2, -0.15) is 0 Å². The fourth-order valence-electron chi connectivity index (χ4n) is 3.45. The van der Waals surface area contributed by atoms with Crippen LogP contribution in [0.1, 0.15) is 23.2 Å². The standard InChI is InChI=1S/C19H19ClN4O2/c20-17-2-1-15(11-22-17)18(25)23-9-5-19(26,6-10-23)13-24-8-4-14-3-7-21-12-16(14)24/h1-4,7-8,11-12,26H,5-6,9-10,13H2. The van der Waals surface area contributed by atoms with Gasteiger partial charge in [0.1, 0.15) is 5.15 Å². The number of hydrogen-bond acceptors (Lipinski definition) is 4. The molecule has 6 nitrogen and oxygen atoms in total. The quantitative estimate of drug-likeness (QED) is 0.719. The molecule has 134 valence electrons. The molecule has 0 aliphatic carbocycles. The molecule has 4 rings (SSSR count). The van der Waals surface area contributed by atoms with E-state index in [0.29, 0.717) is 43.2 Å². The molecule has 1 amide bonds. The van der Waals surface area contributed by atoms with Crippen molar-refractivity contribution in [2.24, 2.45) is 0 Å². The Balaban J connectivity index is 1.43. The SMILES string of the molecule is O=C(c1ccc(Cl)nc1)N1CCC(O)(Cn2ccc3ccncc32)CC1. The molecule has 1 aliphatic rings. The van der Waals surface area contributed by atoms with E-state index in [1.165, 1.54) is 6.20 Å². The monoisotopic (exact) mass is 370 g/mol. The highest BCUT2D eigenvalue weighted by Gasteiger charge is 2.34. The number of amides is 1. The van der Waals surface area contributed by atoms with Gasteiger partial charge in [-0.15, -0.1) is 0 Å². The number of piperidine rings is 1. The normalized spacial score (nSPS) is 16.8. The van der Waals surface area contributed by atoms with Crippen LogP contribution in [0.2, 0.25) is 5.15 Å². The summed E-state index contributed by atoms with van der Waals surface area (Å²) in [4.78, 5) is 22.4. The van der Waals surface area contributed by atoms with Crippen LogP contribution in [0.25, 0.3) is 10.9 Å². The maximum Gasteiger partial charge on any atom is 0.255 e. The number of nitrogens with zero attached hydrogens (tertiary/aromatic N) is 4. The van der Waals surface area contributed by atoms with Gasteiger partial charge in [-0.25, -0.2) is 4.98 Å². The Kier molecular flexibility index (Phi) is 4.38. The molecule has 0 saturated carbocycles. The molecule has 1 N–H and O–H groups in total. The number of carbonyl (C=O) groups is 1. The van der Waals surface area contributed by atoms with Crippen LogP contribution in [0.3, 0.4) is 0 Å². The second-order valence-corrected chi connectivity index (χ2v) is 7.15. The fourth-order valence-corrected chi connectivity index (χ4v) is 3.56. The summed E-state index contributed by atoms with van der Waals surface area (Å²) >= 11 is 5.77. The third-order valence-corrected chi connectivity index (χ3v) is 5.22. The van der Waals surface area contributed by atoms with Crippen molar-refractivity contribution >= 4 is 28.4 Å². The summed E-state index contributed by atoms with van der Waals surface area (Å²) < 4.78 is 2.03. The third-order valence-electron chi connectivity index (χ3n) is 5.00. The van der Waals surface area contributed by atoms with E-state index in [4.69, 9.17) is 11.6 Å². The molecule has 1 saturated heterocycles. The van der Waals surface area contributed by atoms with E-state index >= 15 is 0 Å². The van der Waals surface area contributed by atoms with E-state index in [0.717, 1.165) is 10.9 Å². The molecule has 0 unspecified atom stereocenters. The minimum Gasteiger partial charge on any atom is -0.388 e. The third kappa shape index (κ3) is 3.30. The fraction of sp³-hybridized carbons (Fsp3) is 0.316. The number of carbonyl (C=O) groups excluding carboxylic acids is 1. The van der Waals surface area contributed by atoms with Gasteiger partial charge in [0.15, 0.2) is 0 Å². The van der Waals surface area contributed by atoms with E-state index in [-0.39, 0.29) is 5.91 Å². The summed E-state index contributed by atoms with van der Waals surface area (Å²) in [5.74, 6) is -0.0770. The molecule has 0 spiro atoms. The molecule has 0 atom stereocenters. The molecule has 4 heterocycles. The number of rotatable bonds is 3. The summed E-state index contributed by atoms with van der Waals surface area (Å²) in [7, 11) is 0. The molecule has 3 aromatic heterocycles. The zero-order valence-electron chi connectivity index (χ0n) is 14.2. The van der Waals surface area contributed by atoms with Crippen LogP contribution in [0.15, 0.2) is 49.1 Å². The highest BCUT2D eigenvalue weighted by atomic mass is 35.5. The summed E-state index contributed by atoms with van der Waals surface area (Å²) in [6.07, 6.45) is 8.09. The van der Waals surface area contributed by atoms with Crippen LogP contribution in [-0.4, -0.2) is 49.1 Å². The first-order valence-corrected chi connectivity index (χ1v) is 8.94. The number of halogens is 1. The Morgan fingerprint density at radius 1 is 1.19 bits per heavy atom. The maximum atomic E-state index is 12.6. The van der Waals surface area contributed by atoms with Crippen molar-refractivity contribution in [1.82, 2.24) is 19.4 Å². The molecule has 7 heteroatoms. The van der Waals surface area contributed by atoms with E-state index in [2.05, 4.69) is 9.97 Å². The first-order valence-electron chi connectivity index (χ1n) is 8.56. The topological polar surface area (TPSA) is 71.2 Å². The van der Waals surface area contributed by atoms with Crippen molar-refractivity contribution in [3.05, 3.63) is 59.8 Å². The lowest BCUT2D eigenvalue weighted by atomic mass is 9.91. The lowest BCUT2D eigenvalue weighted by Gasteiger charge is -2.38. The molecule has 26 heavy (non-hydrogen) atoms. The van der Waals surface area contributed by atoms with Gasteiger partial charge in [-0.05, 0) is 37.1 Å². The average molecular weight is 371 g/mol. The number of pyridine rings is 2. The van der Waals surface area contributed by atoms with Gasteiger partial charge in [0.25, 0.3) is 5.91 Å². The smallest absolute Gasteiger partial charge is 0.255 e. The Hall–Kier alpha value is -2.44. The van der Waals surface area contributed by atoms with Crippen molar-refractivity contribution in [2.75, 3.05) is 13.1 Å². The number of aromatic nitrogens is 3. The van der Waals surface area contributed by atoms with Gasteiger partial charge in [-0.3, -0.25) is 9.78 Å². The summed E-state index contributed by atoms with van der Waals surface area (Å²) in [6.45, 7) is 1.51. The summed E-state index contributed by atoms with van der Waals surface area (Å²) in [5, 5.41) is 12.5. The lowest BCUT2D eigenvalue weighted by molar-refractivity contribution is -0.0284. The van der Waals surface area contributed by atoms with Crippen LogP contribution in [-0.2, 0) is 6.54 Å². The predicted octanol–water partition coefficient (Wildman–Crippen LogP) is 2.75. The largest absolute Gasteiger partial charge is 0.388 e. The van der Waals surface area contributed by atoms with Gasteiger partial charge in [0, 0.05) is 37.1 Å². The number of hydrogen-bond donors (Lipinski definition) is 1. The Morgan fingerprint density at radius 2 is 2.00 bits per heavy atom. The first kappa shape index (κ1) is 17.0. The van der Waals surface area contributed by atoms with Crippen LogP contribution >= 0.6 is 11.6 Å². The maximum absolute atomic E-state index is 12.6. The number of aliphatic hydroxyl groups is 1. The highest BCUT2D eigenvalue weighted by Crippen LogP contribution is 2.27. The first-order chi connectivity index (χ1) is 12.5. The molecule has 0 bridgehead atoms. The highest BCUT2D eigenvalue weighted by molar-refractivity contribution is 6.29. The predicted molar refractivity (Wildman–Crippen MR) is 99.1 cm³/mol. The van der Waals surface area contributed by atoms with Crippen molar-refractivity contribution in [2.45, 2.75) is 25.0 Å². The van der Waals surface area contributed by atoms with E-state index < -0.39 is 5.60 Å². The molecular formula is C19H19ClN4O2. The number of fused-ring (bicyclic) bond motifs is 1. The van der Waals surface area contributed by atoms with Crippen LogP contribution in [0, 0.1) is 0 Å². The van der Waals surface area contributed by atoms with E-state index in [1.807, 2.05) is 29.1 Å². The van der Waals surface area contributed by atoms with Crippen LogP contribution in [0.5, 0.6) is 0 Å². The van der Waals surface area contributed by atoms with Crippen molar-refractivity contribution in [1.29, 1.82) is 0 Å². The minimum absolute atomic E-state index is 0.0770. The summed E-state index contributed by atoms with van der Waals surface area (Å²) in [5.41, 5.74) is 0.686. The van der Waals surface area contributed by atoms with Gasteiger partial charge < -0.3 is 14.6 Å². The summed E-state index contributed by atoms with van der Waals surface area (Å²) in [6, 6.07) is 7.27. The van der Waals surface area contributed by atoms with E-state index in [1.54, 1.807) is 23.2 Å². The van der Waals surface area contributed by atoms with Gasteiger partial charge in [-0.1, -0.05) is 11.6 Å². The van der Waals surface area contributed by atoms with Gasteiger partial charge in [0.2, 0.25) is 0 Å². The second-order valence-electron chi connectivity index (χ2n) is 6.76. The van der Waals surface area contributed by atoms with Gasteiger partial charge in [0.05, 0.1) is 29.4 Å². The number of likely N-dealkylation sites (tertiary alicyclic amines) is 1.